The van der Waals surface area contributed by atoms with Gasteiger partial charge >= 0.3 is 5.97 Å². The molecular weight excluding hydrogens is 289 g/mol. The summed E-state index contributed by atoms with van der Waals surface area (Å²) in [5, 5.41) is 0. The lowest BCUT2D eigenvalue weighted by Crippen LogP contribution is -2.28. The van der Waals surface area contributed by atoms with Crippen LogP contribution < -0.4 is 4.74 Å². The van der Waals surface area contributed by atoms with E-state index < -0.39 is 47.0 Å². The third-order valence-electron chi connectivity index (χ3n) is 2.37. The highest BCUT2D eigenvalue weighted by Crippen LogP contribution is 2.24. The molecule has 0 aliphatic heterocycles. The van der Waals surface area contributed by atoms with Gasteiger partial charge in [0.25, 0.3) is 6.17 Å². The van der Waals surface area contributed by atoms with Gasteiger partial charge in [-0.2, -0.15) is 4.39 Å². The number of rotatable bonds is 6. The first-order chi connectivity index (χ1) is 9.77. The maximum atomic E-state index is 13.6. The van der Waals surface area contributed by atoms with E-state index in [0.717, 1.165) is 6.07 Å². The van der Waals surface area contributed by atoms with Gasteiger partial charge < -0.3 is 9.47 Å². The molecule has 0 amide bonds. The molecule has 0 aliphatic carbocycles. The Morgan fingerprint density at radius 2 is 1.86 bits per heavy atom. The zero-order chi connectivity index (χ0) is 16.2. The Balaban J connectivity index is 3.10. The summed E-state index contributed by atoms with van der Waals surface area (Å²) in [4.78, 5) is 22.9. The van der Waals surface area contributed by atoms with E-state index in [-0.39, 0.29) is 6.61 Å². The zero-order valence-corrected chi connectivity index (χ0v) is 11.8. The van der Waals surface area contributed by atoms with Crippen LogP contribution in [-0.2, 0) is 9.53 Å². The van der Waals surface area contributed by atoms with E-state index in [1.54, 1.807) is 13.8 Å². The molecule has 1 aromatic carbocycles. The van der Waals surface area contributed by atoms with Crippen LogP contribution >= 0.6 is 0 Å². The monoisotopic (exact) mass is 304 g/mol. The van der Waals surface area contributed by atoms with Crippen LogP contribution in [0.2, 0.25) is 0 Å². The maximum absolute atomic E-state index is 13.6. The second-order valence-electron chi connectivity index (χ2n) is 4.42. The largest absolute Gasteiger partial charge is 0.488 e. The van der Waals surface area contributed by atoms with Crippen molar-refractivity contribution in [2.75, 3.05) is 6.61 Å². The fraction of sp³-hybridized carbons (Fsp3) is 0.429. The zero-order valence-electron chi connectivity index (χ0n) is 11.8. The molecule has 1 aromatic rings. The summed E-state index contributed by atoms with van der Waals surface area (Å²) in [5.41, 5.74) is -0.509. The van der Waals surface area contributed by atoms with Crippen molar-refractivity contribution in [3.8, 4) is 5.75 Å². The lowest BCUT2D eigenvalue weighted by molar-refractivity contribution is -0.147. The molecule has 0 heterocycles. The van der Waals surface area contributed by atoms with Gasteiger partial charge in [0.05, 0.1) is 12.7 Å². The molecule has 0 aliphatic rings. The number of ether oxygens (including phenoxy) is 2. The lowest BCUT2D eigenvalue weighted by atomic mass is 10.1. The molecule has 0 saturated carbocycles. The molecule has 0 bridgehead atoms. The van der Waals surface area contributed by atoms with Crippen LogP contribution in [0.3, 0.4) is 0 Å². The quantitative estimate of drug-likeness (QED) is 0.461. The van der Waals surface area contributed by atoms with Crippen LogP contribution in [0.4, 0.5) is 13.2 Å². The topological polar surface area (TPSA) is 52.6 Å². The van der Waals surface area contributed by atoms with Crippen LogP contribution in [0, 0.1) is 11.6 Å². The third kappa shape index (κ3) is 4.21. The predicted octanol–water partition coefficient (Wildman–Crippen LogP) is 2.84. The van der Waals surface area contributed by atoms with Crippen molar-refractivity contribution < 1.29 is 32.2 Å². The van der Waals surface area contributed by atoms with Crippen molar-refractivity contribution in [3.63, 3.8) is 0 Å². The fourth-order valence-corrected chi connectivity index (χ4v) is 1.51. The second kappa shape index (κ2) is 7.10. The highest BCUT2D eigenvalue weighted by Gasteiger charge is 2.30. The van der Waals surface area contributed by atoms with Gasteiger partial charge in [0, 0.05) is 5.56 Å². The van der Waals surface area contributed by atoms with Gasteiger partial charge in [-0.15, -0.1) is 0 Å². The number of esters is 1. The summed E-state index contributed by atoms with van der Waals surface area (Å²) in [6.45, 7) is 4.48. The predicted molar refractivity (Wildman–Crippen MR) is 68.0 cm³/mol. The Bertz CT molecular complexity index is 543. The van der Waals surface area contributed by atoms with Crippen molar-refractivity contribution >= 4 is 11.8 Å². The standard InChI is InChI=1S/C14H15F3O4/c1-4-20-14(19)12(17)13(18)8-5-9(15)11(16)10(6-8)21-7(2)3/h5-7,12H,4H2,1-3H3. The summed E-state index contributed by atoms with van der Waals surface area (Å²) < 4.78 is 49.9. The highest BCUT2D eigenvalue weighted by molar-refractivity contribution is 6.11. The van der Waals surface area contributed by atoms with E-state index in [9.17, 15) is 22.8 Å². The molecule has 7 heteroatoms. The van der Waals surface area contributed by atoms with E-state index in [2.05, 4.69) is 4.74 Å². The number of benzene rings is 1. The molecule has 1 rings (SSSR count). The minimum absolute atomic E-state index is 0.105. The van der Waals surface area contributed by atoms with Crippen molar-refractivity contribution in [2.45, 2.75) is 33.0 Å². The molecule has 1 unspecified atom stereocenters. The highest BCUT2D eigenvalue weighted by atomic mass is 19.2. The number of carbonyl (C=O) groups is 2. The summed E-state index contributed by atoms with van der Waals surface area (Å²) in [7, 11) is 0. The Hall–Kier alpha value is -2.05. The minimum atomic E-state index is -2.60. The molecule has 21 heavy (non-hydrogen) atoms. The summed E-state index contributed by atoms with van der Waals surface area (Å²) in [6, 6.07) is 1.36. The number of alkyl halides is 1. The van der Waals surface area contributed by atoms with E-state index in [0.29, 0.717) is 6.07 Å². The van der Waals surface area contributed by atoms with Gasteiger partial charge in [0.2, 0.25) is 11.6 Å². The SMILES string of the molecule is CCOC(=O)C(F)C(=O)c1cc(F)c(F)c(OC(C)C)c1. The van der Waals surface area contributed by atoms with Crippen LogP contribution in [0.5, 0.6) is 5.75 Å². The number of carbonyl (C=O) groups excluding carboxylic acids is 2. The number of Topliss-reactive ketones (excluding diaryl/α,β-unsaturated/α-hetero) is 1. The molecule has 0 fully saturated rings. The summed E-state index contributed by atoms with van der Waals surface area (Å²) in [5.74, 6) is -5.87. The molecule has 1 atom stereocenters. The molecule has 0 N–H and O–H groups in total. The third-order valence-corrected chi connectivity index (χ3v) is 2.37. The number of hydrogen-bond donors (Lipinski definition) is 0. The number of ketones is 1. The molecule has 4 nitrogen and oxygen atoms in total. The van der Waals surface area contributed by atoms with Gasteiger partial charge in [-0.05, 0) is 32.9 Å². The number of hydrogen-bond acceptors (Lipinski definition) is 4. The average Bonchev–Trinajstić information content (AvgIpc) is 2.41. The van der Waals surface area contributed by atoms with E-state index >= 15 is 0 Å². The van der Waals surface area contributed by atoms with Crippen LogP contribution in [-0.4, -0.2) is 30.6 Å². The molecule has 0 spiro atoms. The Labute approximate surface area is 119 Å². The molecule has 0 saturated heterocycles. The molecule has 0 aromatic heterocycles. The van der Waals surface area contributed by atoms with Gasteiger partial charge in [-0.3, -0.25) is 4.79 Å². The minimum Gasteiger partial charge on any atom is -0.488 e. The van der Waals surface area contributed by atoms with Crippen LogP contribution in [0.15, 0.2) is 12.1 Å². The molecular formula is C14H15F3O4. The van der Waals surface area contributed by atoms with E-state index in [1.807, 2.05) is 0 Å². The van der Waals surface area contributed by atoms with Gasteiger partial charge in [-0.25, -0.2) is 13.6 Å². The first-order valence-electron chi connectivity index (χ1n) is 6.28. The van der Waals surface area contributed by atoms with Crippen LogP contribution in [0.25, 0.3) is 0 Å². The second-order valence-corrected chi connectivity index (χ2v) is 4.42. The average molecular weight is 304 g/mol. The van der Waals surface area contributed by atoms with Crippen molar-refractivity contribution in [1.82, 2.24) is 0 Å². The van der Waals surface area contributed by atoms with E-state index in [4.69, 9.17) is 4.74 Å². The maximum Gasteiger partial charge on any atom is 0.348 e. The Morgan fingerprint density at radius 1 is 1.24 bits per heavy atom. The molecule has 116 valence electrons. The van der Waals surface area contributed by atoms with E-state index in [1.165, 1.54) is 6.92 Å². The van der Waals surface area contributed by atoms with Gasteiger partial charge in [0.1, 0.15) is 0 Å². The first kappa shape index (κ1) is 17.0. The smallest absolute Gasteiger partial charge is 0.348 e. The molecule has 0 radical (unpaired) electrons. The fourth-order valence-electron chi connectivity index (χ4n) is 1.51. The van der Waals surface area contributed by atoms with Crippen molar-refractivity contribution in [2.24, 2.45) is 0 Å². The first-order valence-corrected chi connectivity index (χ1v) is 6.28. The summed E-state index contributed by atoms with van der Waals surface area (Å²) in [6.07, 6.45) is -3.07. The van der Waals surface area contributed by atoms with Crippen molar-refractivity contribution in [3.05, 3.63) is 29.3 Å². The summed E-state index contributed by atoms with van der Waals surface area (Å²) >= 11 is 0. The Morgan fingerprint density at radius 3 is 2.38 bits per heavy atom. The lowest BCUT2D eigenvalue weighted by Gasteiger charge is -2.13. The van der Waals surface area contributed by atoms with Crippen molar-refractivity contribution in [1.29, 1.82) is 0 Å². The normalized spacial score (nSPS) is 12.1. The van der Waals surface area contributed by atoms with Gasteiger partial charge in [0.15, 0.2) is 11.6 Å². The number of halogens is 3. The Kier molecular flexibility index (Phi) is 5.75. The van der Waals surface area contributed by atoms with Crippen LogP contribution in [0.1, 0.15) is 31.1 Å². The van der Waals surface area contributed by atoms with Gasteiger partial charge in [-0.1, -0.05) is 0 Å².